The average molecular weight is 259 g/mol. The van der Waals surface area contributed by atoms with Crippen LogP contribution in [-0.4, -0.2) is 5.11 Å². The quantitative estimate of drug-likeness (QED) is 0.864. The van der Waals surface area contributed by atoms with Crippen LogP contribution < -0.4 is 0 Å². The minimum absolute atomic E-state index is 0.214. The summed E-state index contributed by atoms with van der Waals surface area (Å²) in [4.78, 5) is 0. The molecular formula is C11H12BrFO. The van der Waals surface area contributed by atoms with E-state index in [-0.39, 0.29) is 11.7 Å². The van der Waals surface area contributed by atoms with E-state index >= 15 is 0 Å². The van der Waals surface area contributed by atoms with E-state index in [1.807, 2.05) is 6.92 Å². The topological polar surface area (TPSA) is 20.2 Å². The molecule has 0 bridgehead atoms. The predicted molar refractivity (Wildman–Crippen MR) is 56.4 cm³/mol. The molecule has 2 atom stereocenters. The lowest BCUT2D eigenvalue weighted by Gasteiger charge is -2.12. The highest BCUT2D eigenvalue weighted by molar-refractivity contribution is 9.10. The number of hydrogen-bond acceptors (Lipinski definition) is 1. The summed E-state index contributed by atoms with van der Waals surface area (Å²) in [5.41, 5.74) is -0.485. The Morgan fingerprint density at radius 2 is 2.36 bits per heavy atom. The number of benzene rings is 1. The third-order valence-corrected chi connectivity index (χ3v) is 3.60. The maximum Gasteiger partial charge on any atom is 0.143 e. The van der Waals surface area contributed by atoms with Gasteiger partial charge in [-0.3, -0.25) is 0 Å². The molecule has 2 rings (SSSR count). The van der Waals surface area contributed by atoms with Crippen LogP contribution >= 0.6 is 15.9 Å². The molecule has 0 amide bonds. The van der Waals surface area contributed by atoms with Gasteiger partial charge in [-0.1, -0.05) is 25.5 Å². The lowest BCUT2D eigenvalue weighted by atomic mass is 10.0. The van der Waals surface area contributed by atoms with E-state index in [0.717, 1.165) is 6.42 Å². The molecule has 1 aliphatic rings. The minimum Gasteiger partial charge on any atom is -0.385 e. The first kappa shape index (κ1) is 10.1. The van der Waals surface area contributed by atoms with Crippen molar-refractivity contribution in [2.24, 2.45) is 5.92 Å². The lowest BCUT2D eigenvalue weighted by molar-refractivity contribution is 0.126. The van der Waals surface area contributed by atoms with E-state index < -0.39 is 5.60 Å². The summed E-state index contributed by atoms with van der Waals surface area (Å²) in [6, 6.07) is 5.06. The summed E-state index contributed by atoms with van der Waals surface area (Å²) in [7, 11) is 0. The lowest BCUT2D eigenvalue weighted by Crippen LogP contribution is -2.11. The van der Waals surface area contributed by atoms with Gasteiger partial charge in [0.1, 0.15) is 5.82 Å². The van der Waals surface area contributed by atoms with Crippen molar-refractivity contribution < 1.29 is 9.50 Å². The molecule has 1 aromatic carbocycles. The van der Waals surface area contributed by atoms with Crippen molar-refractivity contribution in [3.8, 4) is 0 Å². The second kappa shape index (κ2) is 3.31. The molecule has 0 radical (unpaired) electrons. The second-order valence-corrected chi connectivity index (χ2v) is 4.69. The van der Waals surface area contributed by atoms with E-state index in [4.69, 9.17) is 0 Å². The fourth-order valence-electron chi connectivity index (χ4n) is 1.97. The van der Waals surface area contributed by atoms with Gasteiger partial charge in [0, 0.05) is 5.56 Å². The van der Waals surface area contributed by atoms with Gasteiger partial charge in [-0.05, 0) is 34.3 Å². The van der Waals surface area contributed by atoms with Gasteiger partial charge in [0.25, 0.3) is 0 Å². The molecule has 0 aromatic heterocycles. The Bertz CT molecular complexity index is 366. The van der Waals surface area contributed by atoms with Crippen LogP contribution in [0.15, 0.2) is 22.7 Å². The molecule has 3 heteroatoms. The van der Waals surface area contributed by atoms with Crippen LogP contribution in [0.4, 0.5) is 4.39 Å². The zero-order valence-corrected chi connectivity index (χ0v) is 9.51. The fraction of sp³-hybridized carbons (Fsp3) is 0.455. The highest BCUT2D eigenvalue weighted by Crippen LogP contribution is 2.54. The van der Waals surface area contributed by atoms with Gasteiger partial charge in [-0.15, -0.1) is 0 Å². The predicted octanol–water partition coefficient (Wildman–Crippen LogP) is 3.21. The Balaban J connectivity index is 2.39. The highest BCUT2D eigenvalue weighted by Gasteiger charge is 2.54. The van der Waals surface area contributed by atoms with Crippen molar-refractivity contribution >= 4 is 15.9 Å². The Hall–Kier alpha value is -0.410. The molecule has 1 nitrogen and oxygen atoms in total. The molecule has 1 fully saturated rings. The molecule has 1 saturated carbocycles. The molecule has 1 aliphatic carbocycles. The fourth-order valence-corrected chi connectivity index (χ4v) is 2.33. The number of rotatable bonds is 2. The number of aliphatic hydroxyl groups is 1. The van der Waals surface area contributed by atoms with Crippen molar-refractivity contribution in [1.82, 2.24) is 0 Å². The largest absolute Gasteiger partial charge is 0.385 e. The van der Waals surface area contributed by atoms with Crippen LogP contribution in [0.5, 0.6) is 0 Å². The Morgan fingerprint density at radius 3 is 2.93 bits per heavy atom. The van der Waals surface area contributed by atoms with Gasteiger partial charge in [0.2, 0.25) is 0 Å². The molecule has 76 valence electrons. The zero-order chi connectivity index (χ0) is 10.3. The van der Waals surface area contributed by atoms with Crippen LogP contribution in [0.3, 0.4) is 0 Å². The molecule has 2 unspecified atom stereocenters. The number of hydrogen-bond donors (Lipinski definition) is 1. The van der Waals surface area contributed by atoms with Crippen LogP contribution in [0.2, 0.25) is 0 Å². The maximum atomic E-state index is 13.6. The Labute approximate surface area is 91.1 Å². The van der Waals surface area contributed by atoms with Crippen LogP contribution in [0, 0.1) is 11.7 Å². The zero-order valence-electron chi connectivity index (χ0n) is 7.93. The molecule has 14 heavy (non-hydrogen) atoms. The molecule has 0 spiro atoms. The van der Waals surface area contributed by atoms with Crippen LogP contribution in [0.1, 0.15) is 25.3 Å². The van der Waals surface area contributed by atoms with Crippen LogP contribution in [-0.2, 0) is 5.60 Å². The standard InChI is InChI=1S/C11H12BrFO/c1-2-7-6-11(7,14)8-4-3-5-9(12)10(8)13/h3-5,7,14H,2,6H2,1H3. The summed E-state index contributed by atoms with van der Waals surface area (Å²) >= 11 is 3.12. The Morgan fingerprint density at radius 1 is 1.64 bits per heavy atom. The van der Waals surface area contributed by atoms with E-state index in [2.05, 4.69) is 15.9 Å². The molecule has 0 saturated heterocycles. The summed E-state index contributed by atoms with van der Waals surface area (Å²) in [5, 5.41) is 10.1. The summed E-state index contributed by atoms with van der Waals surface area (Å²) in [5.74, 6) is -0.114. The molecular weight excluding hydrogens is 247 g/mol. The van der Waals surface area contributed by atoms with Crippen molar-refractivity contribution in [3.05, 3.63) is 34.1 Å². The SMILES string of the molecule is CCC1CC1(O)c1cccc(Br)c1F. The second-order valence-electron chi connectivity index (χ2n) is 3.83. The van der Waals surface area contributed by atoms with Crippen molar-refractivity contribution in [1.29, 1.82) is 0 Å². The van der Waals surface area contributed by atoms with E-state index in [1.54, 1.807) is 18.2 Å². The Kier molecular flexibility index (Phi) is 2.40. The van der Waals surface area contributed by atoms with Crippen molar-refractivity contribution in [2.75, 3.05) is 0 Å². The van der Waals surface area contributed by atoms with Crippen molar-refractivity contribution in [3.63, 3.8) is 0 Å². The first-order valence-electron chi connectivity index (χ1n) is 4.76. The van der Waals surface area contributed by atoms with E-state index in [0.29, 0.717) is 16.5 Å². The molecule has 1 aromatic rings. The van der Waals surface area contributed by atoms with E-state index in [9.17, 15) is 9.50 Å². The highest BCUT2D eigenvalue weighted by atomic mass is 79.9. The minimum atomic E-state index is -0.914. The monoisotopic (exact) mass is 258 g/mol. The first-order valence-corrected chi connectivity index (χ1v) is 5.55. The van der Waals surface area contributed by atoms with Gasteiger partial charge in [0.15, 0.2) is 0 Å². The van der Waals surface area contributed by atoms with E-state index in [1.165, 1.54) is 0 Å². The normalized spacial score (nSPS) is 30.4. The van der Waals surface area contributed by atoms with Crippen LogP contribution in [0.25, 0.3) is 0 Å². The third kappa shape index (κ3) is 1.39. The summed E-state index contributed by atoms with van der Waals surface area (Å²) < 4.78 is 14.1. The van der Waals surface area contributed by atoms with Gasteiger partial charge in [0.05, 0.1) is 10.1 Å². The molecule has 1 N–H and O–H groups in total. The van der Waals surface area contributed by atoms with Gasteiger partial charge >= 0.3 is 0 Å². The summed E-state index contributed by atoms with van der Waals surface area (Å²) in [6.07, 6.45) is 1.57. The smallest absolute Gasteiger partial charge is 0.143 e. The molecule has 0 aliphatic heterocycles. The average Bonchev–Trinajstić information content (AvgIpc) is 2.83. The number of halogens is 2. The first-order chi connectivity index (χ1) is 6.59. The van der Waals surface area contributed by atoms with Gasteiger partial charge < -0.3 is 5.11 Å². The van der Waals surface area contributed by atoms with Gasteiger partial charge in [-0.25, -0.2) is 4.39 Å². The maximum absolute atomic E-state index is 13.6. The molecule has 0 heterocycles. The third-order valence-electron chi connectivity index (χ3n) is 2.98. The van der Waals surface area contributed by atoms with Gasteiger partial charge in [-0.2, -0.15) is 0 Å². The summed E-state index contributed by atoms with van der Waals surface area (Å²) in [6.45, 7) is 2.01. The van der Waals surface area contributed by atoms with Crippen molar-refractivity contribution in [2.45, 2.75) is 25.4 Å².